The average Bonchev–Trinajstić information content (AvgIpc) is 2.35. The van der Waals surface area contributed by atoms with Crippen LogP contribution >= 0.6 is 0 Å². The molecular formula is C17H26N2O2. The van der Waals surface area contributed by atoms with Gasteiger partial charge in [-0.1, -0.05) is 6.07 Å². The Morgan fingerprint density at radius 1 is 1.29 bits per heavy atom. The van der Waals surface area contributed by atoms with Gasteiger partial charge < -0.3 is 15.4 Å². The SMILES string of the molecule is Cc1cc(C)cc(OCCN(C)C(=O)CC2(N)CCC2)c1. The van der Waals surface area contributed by atoms with Gasteiger partial charge in [-0.3, -0.25) is 4.79 Å². The monoisotopic (exact) mass is 290 g/mol. The fourth-order valence-corrected chi connectivity index (χ4v) is 2.69. The third-order valence-corrected chi connectivity index (χ3v) is 4.17. The molecule has 0 saturated heterocycles. The van der Waals surface area contributed by atoms with E-state index in [-0.39, 0.29) is 11.4 Å². The molecule has 21 heavy (non-hydrogen) atoms. The van der Waals surface area contributed by atoms with Crippen molar-refractivity contribution < 1.29 is 9.53 Å². The molecule has 1 fully saturated rings. The Kier molecular flexibility index (Phi) is 4.88. The van der Waals surface area contributed by atoms with Gasteiger partial charge in [0.25, 0.3) is 0 Å². The number of nitrogens with zero attached hydrogens (tertiary/aromatic N) is 1. The second-order valence-corrected chi connectivity index (χ2v) is 6.38. The van der Waals surface area contributed by atoms with Crippen LogP contribution < -0.4 is 10.5 Å². The quantitative estimate of drug-likeness (QED) is 0.875. The van der Waals surface area contributed by atoms with Crippen molar-refractivity contribution in [1.29, 1.82) is 0 Å². The summed E-state index contributed by atoms with van der Waals surface area (Å²) in [5.74, 6) is 0.976. The van der Waals surface area contributed by atoms with E-state index in [0.29, 0.717) is 19.6 Å². The summed E-state index contributed by atoms with van der Waals surface area (Å²) in [6.07, 6.45) is 3.52. The van der Waals surface area contributed by atoms with Crippen molar-refractivity contribution in [3.05, 3.63) is 29.3 Å². The Labute approximate surface area is 127 Å². The van der Waals surface area contributed by atoms with Crippen LogP contribution in [0.25, 0.3) is 0 Å². The molecule has 0 aliphatic heterocycles. The molecule has 116 valence electrons. The summed E-state index contributed by atoms with van der Waals surface area (Å²) in [7, 11) is 1.81. The Morgan fingerprint density at radius 3 is 2.43 bits per heavy atom. The number of benzene rings is 1. The Bertz CT molecular complexity index is 489. The smallest absolute Gasteiger partial charge is 0.224 e. The molecule has 0 heterocycles. The highest BCUT2D eigenvalue weighted by Gasteiger charge is 2.35. The molecule has 2 N–H and O–H groups in total. The third-order valence-electron chi connectivity index (χ3n) is 4.17. The van der Waals surface area contributed by atoms with Crippen LogP contribution in [0.15, 0.2) is 18.2 Å². The van der Waals surface area contributed by atoms with Gasteiger partial charge in [-0.05, 0) is 56.4 Å². The molecule has 4 nitrogen and oxygen atoms in total. The number of carbonyl (C=O) groups excluding carboxylic acids is 1. The van der Waals surface area contributed by atoms with E-state index in [4.69, 9.17) is 10.5 Å². The number of hydrogen-bond donors (Lipinski definition) is 1. The van der Waals surface area contributed by atoms with E-state index in [0.717, 1.165) is 25.0 Å². The Morgan fingerprint density at radius 2 is 1.90 bits per heavy atom. The van der Waals surface area contributed by atoms with Gasteiger partial charge in [0, 0.05) is 19.0 Å². The number of likely N-dealkylation sites (N-methyl/N-ethyl adjacent to an activating group) is 1. The van der Waals surface area contributed by atoms with Gasteiger partial charge in [0.15, 0.2) is 0 Å². The van der Waals surface area contributed by atoms with Crippen LogP contribution in [-0.2, 0) is 4.79 Å². The van der Waals surface area contributed by atoms with Crippen molar-refractivity contribution >= 4 is 5.91 Å². The minimum atomic E-state index is -0.250. The topological polar surface area (TPSA) is 55.6 Å². The summed E-state index contributed by atoms with van der Waals surface area (Å²) in [5.41, 5.74) is 8.24. The van der Waals surface area contributed by atoms with Gasteiger partial charge >= 0.3 is 0 Å². The van der Waals surface area contributed by atoms with Gasteiger partial charge in [0.2, 0.25) is 5.91 Å². The van der Waals surface area contributed by atoms with Gasteiger partial charge in [0.1, 0.15) is 12.4 Å². The molecule has 0 spiro atoms. The van der Waals surface area contributed by atoms with Crippen LogP contribution in [0.2, 0.25) is 0 Å². The van der Waals surface area contributed by atoms with Crippen LogP contribution in [0.5, 0.6) is 5.75 Å². The first-order valence-electron chi connectivity index (χ1n) is 7.62. The molecular weight excluding hydrogens is 264 g/mol. The molecule has 1 aliphatic rings. The van der Waals surface area contributed by atoms with Crippen molar-refractivity contribution in [1.82, 2.24) is 4.90 Å². The molecule has 1 aromatic rings. The lowest BCUT2D eigenvalue weighted by molar-refractivity contribution is -0.132. The molecule has 4 heteroatoms. The van der Waals surface area contributed by atoms with Crippen molar-refractivity contribution in [3.8, 4) is 5.75 Å². The second kappa shape index (κ2) is 6.48. The fraction of sp³-hybridized carbons (Fsp3) is 0.588. The minimum Gasteiger partial charge on any atom is -0.492 e. The number of hydrogen-bond acceptors (Lipinski definition) is 3. The number of ether oxygens (including phenoxy) is 1. The lowest BCUT2D eigenvalue weighted by Gasteiger charge is -2.38. The highest BCUT2D eigenvalue weighted by molar-refractivity contribution is 5.77. The zero-order valence-corrected chi connectivity index (χ0v) is 13.3. The van der Waals surface area contributed by atoms with Gasteiger partial charge in [-0.2, -0.15) is 0 Å². The molecule has 1 saturated carbocycles. The fourth-order valence-electron chi connectivity index (χ4n) is 2.69. The zero-order chi connectivity index (χ0) is 15.5. The number of rotatable bonds is 6. The zero-order valence-electron chi connectivity index (χ0n) is 13.3. The first kappa shape index (κ1) is 15.8. The first-order valence-corrected chi connectivity index (χ1v) is 7.62. The molecule has 0 radical (unpaired) electrons. The molecule has 0 bridgehead atoms. The maximum absolute atomic E-state index is 12.1. The lowest BCUT2D eigenvalue weighted by Crippen LogP contribution is -2.50. The molecule has 2 rings (SSSR count). The maximum atomic E-state index is 12.1. The minimum absolute atomic E-state index is 0.112. The highest BCUT2D eigenvalue weighted by Crippen LogP contribution is 2.32. The standard InChI is InChI=1S/C17H26N2O2/c1-13-9-14(2)11-15(10-13)21-8-7-19(3)16(20)12-17(18)5-4-6-17/h9-11H,4-8,12,18H2,1-3H3. The van der Waals surface area contributed by atoms with E-state index in [1.165, 1.54) is 11.1 Å². The van der Waals surface area contributed by atoms with Crippen molar-refractivity contribution in [2.75, 3.05) is 20.2 Å². The molecule has 0 aromatic heterocycles. The number of nitrogens with two attached hydrogens (primary N) is 1. The van der Waals surface area contributed by atoms with E-state index in [1.807, 2.05) is 19.2 Å². The summed E-state index contributed by atoms with van der Waals surface area (Å²) in [4.78, 5) is 13.8. The van der Waals surface area contributed by atoms with Crippen molar-refractivity contribution in [2.24, 2.45) is 5.73 Å². The third kappa shape index (κ3) is 4.46. The largest absolute Gasteiger partial charge is 0.492 e. The van der Waals surface area contributed by atoms with Gasteiger partial charge in [0.05, 0.1) is 6.54 Å². The molecule has 0 atom stereocenters. The van der Waals surface area contributed by atoms with E-state index in [1.54, 1.807) is 4.90 Å². The molecule has 1 aromatic carbocycles. The van der Waals surface area contributed by atoms with E-state index in [2.05, 4.69) is 19.9 Å². The highest BCUT2D eigenvalue weighted by atomic mass is 16.5. The summed E-state index contributed by atoms with van der Waals surface area (Å²) in [6.45, 7) is 5.19. The predicted octanol–water partition coefficient (Wildman–Crippen LogP) is 2.41. The number of amides is 1. The second-order valence-electron chi connectivity index (χ2n) is 6.38. The van der Waals surface area contributed by atoms with Crippen LogP contribution in [0.3, 0.4) is 0 Å². The van der Waals surface area contributed by atoms with Crippen LogP contribution in [0.1, 0.15) is 36.8 Å². The number of aryl methyl sites for hydroxylation is 2. The predicted molar refractivity (Wildman–Crippen MR) is 84.4 cm³/mol. The normalized spacial score (nSPS) is 16.2. The Hall–Kier alpha value is -1.55. The van der Waals surface area contributed by atoms with Crippen LogP contribution in [0.4, 0.5) is 0 Å². The van der Waals surface area contributed by atoms with Gasteiger partial charge in [-0.25, -0.2) is 0 Å². The average molecular weight is 290 g/mol. The molecule has 0 unspecified atom stereocenters. The molecule has 1 aliphatic carbocycles. The summed E-state index contributed by atoms with van der Waals surface area (Å²) < 4.78 is 5.73. The van der Waals surface area contributed by atoms with E-state index >= 15 is 0 Å². The van der Waals surface area contributed by atoms with E-state index < -0.39 is 0 Å². The number of carbonyl (C=O) groups is 1. The first-order chi connectivity index (χ1) is 9.88. The lowest BCUT2D eigenvalue weighted by atomic mass is 9.75. The summed E-state index contributed by atoms with van der Waals surface area (Å²) >= 11 is 0. The van der Waals surface area contributed by atoms with Crippen LogP contribution in [-0.4, -0.2) is 36.5 Å². The van der Waals surface area contributed by atoms with Gasteiger partial charge in [-0.15, -0.1) is 0 Å². The van der Waals surface area contributed by atoms with Crippen LogP contribution in [0, 0.1) is 13.8 Å². The Balaban J connectivity index is 1.75. The molecule has 1 amide bonds. The summed E-state index contributed by atoms with van der Waals surface area (Å²) in [6, 6.07) is 6.14. The van der Waals surface area contributed by atoms with E-state index in [9.17, 15) is 4.79 Å². The summed E-state index contributed by atoms with van der Waals surface area (Å²) in [5, 5.41) is 0. The van der Waals surface area contributed by atoms with Crippen molar-refractivity contribution in [3.63, 3.8) is 0 Å². The van der Waals surface area contributed by atoms with Crippen molar-refractivity contribution in [2.45, 2.75) is 45.1 Å². The maximum Gasteiger partial charge on any atom is 0.224 e.